The van der Waals surface area contributed by atoms with E-state index >= 15 is 0 Å². The van der Waals surface area contributed by atoms with Crippen molar-refractivity contribution in [3.63, 3.8) is 0 Å². The number of hydrogen-bond donors (Lipinski definition) is 2. The Morgan fingerprint density at radius 3 is 2.68 bits per heavy atom. The zero-order valence-corrected chi connectivity index (χ0v) is 11.6. The number of piperidine rings is 1. The van der Waals surface area contributed by atoms with Gasteiger partial charge < -0.3 is 10.4 Å². The predicted molar refractivity (Wildman–Crippen MR) is 69.9 cm³/mol. The van der Waals surface area contributed by atoms with Crippen LogP contribution in [0.15, 0.2) is 34.0 Å². The van der Waals surface area contributed by atoms with Crippen molar-refractivity contribution in [2.45, 2.75) is 19.4 Å². The van der Waals surface area contributed by atoms with Crippen LogP contribution in [-0.2, 0) is 9.59 Å². The van der Waals surface area contributed by atoms with Crippen molar-refractivity contribution in [1.82, 2.24) is 5.32 Å². The lowest BCUT2D eigenvalue weighted by Gasteiger charge is -2.25. The summed E-state index contributed by atoms with van der Waals surface area (Å²) in [7, 11) is 0. The number of carbonyl (C=O) groups is 2. The molecule has 19 heavy (non-hydrogen) atoms. The molecule has 0 saturated carbocycles. The van der Waals surface area contributed by atoms with Gasteiger partial charge in [0.1, 0.15) is 17.1 Å². The summed E-state index contributed by atoms with van der Waals surface area (Å²) in [4.78, 5) is 23.6. The van der Waals surface area contributed by atoms with E-state index in [4.69, 9.17) is 0 Å². The average molecular weight is 328 g/mol. The summed E-state index contributed by atoms with van der Waals surface area (Å²) in [6.07, 6.45) is 0.0310. The summed E-state index contributed by atoms with van der Waals surface area (Å²) in [5.41, 5.74) is 0.409. The Bertz CT molecular complexity index is 574. The van der Waals surface area contributed by atoms with Gasteiger partial charge in [0.15, 0.2) is 5.78 Å². The number of aliphatic hydroxyl groups is 1. The molecule has 0 bridgehead atoms. The summed E-state index contributed by atoms with van der Waals surface area (Å²) in [5, 5.41) is 11.9. The molecule has 1 saturated heterocycles. The van der Waals surface area contributed by atoms with E-state index in [0.717, 1.165) is 0 Å². The van der Waals surface area contributed by atoms with Crippen molar-refractivity contribution in [2.75, 3.05) is 0 Å². The first-order chi connectivity index (χ1) is 8.90. The lowest BCUT2D eigenvalue weighted by Crippen LogP contribution is -2.40. The van der Waals surface area contributed by atoms with Gasteiger partial charge in [0.05, 0.1) is 6.04 Å². The van der Waals surface area contributed by atoms with Crippen LogP contribution in [0.3, 0.4) is 0 Å². The first-order valence-corrected chi connectivity index (χ1v) is 6.38. The molecule has 1 heterocycles. The molecule has 1 aromatic rings. The second kappa shape index (κ2) is 5.13. The number of rotatable bonds is 1. The number of ketones is 1. The maximum absolute atomic E-state index is 13.0. The van der Waals surface area contributed by atoms with Crippen molar-refractivity contribution in [2.24, 2.45) is 0 Å². The zero-order chi connectivity index (χ0) is 14.2. The number of aliphatic hydroxyl groups excluding tert-OH is 1. The first-order valence-electron chi connectivity index (χ1n) is 5.59. The highest BCUT2D eigenvalue weighted by Gasteiger charge is 2.33. The van der Waals surface area contributed by atoms with E-state index < -0.39 is 23.5 Å². The quantitative estimate of drug-likeness (QED) is 0.473. The number of amides is 1. The molecule has 2 N–H and O–H groups in total. The number of benzene rings is 1. The normalized spacial score (nSPS) is 22.2. The predicted octanol–water partition coefficient (Wildman–Crippen LogP) is 2.55. The molecule has 6 heteroatoms. The number of allylic oxidation sites excluding steroid dienone is 1. The fraction of sp³-hybridized carbons (Fsp3) is 0.231. The highest BCUT2D eigenvalue weighted by atomic mass is 79.9. The topological polar surface area (TPSA) is 66.4 Å². The van der Waals surface area contributed by atoms with Crippen molar-refractivity contribution in [3.8, 4) is 0 Å². The monoisotopic (exact) mass is 327 g/mol. The van der Waals surface area contributed by atoms with E-state index in [1.54, 1.807) is 0 Å². The summed E-state index contributed by atoms with van der Waals surface area (Å²) in [5.74, 6) is -1.74. The van der Waals surface area contributed by atoms with Crippen LogP contribution in [0.4, 0.5) is 4.39 Å². The van der Waals surface area contributed by atoms with Crippen molar-refractivity contribution >= 4 is 27.6 Å². The van der Waals surface area contributed by atoms with Gasteiger partial charge in [-0.15, -0.1) is 0 Å². The molecule has 1 atom stereocenters. The van der Waals surface area contributed by atoms with Crippen LogP contribution in [0.5, 0.6) is 0 Å². The molecule has 0 aromatic heterocycles. The molecule has 1 fully saturated rings. The molecular weight excluding hydrogens is 317 g/mol. The van der Waals surface area contributed by atoms with E-state index in [9.17, 15) is 19.1 Å². The highest BCUT2D eigenvalue weighted by molar-refractivity contribution is 9.10. The summed E-state index contributed by atoms with van der Waals surface area (Å²) >= 11 is 3.20. The minimum atomic E-state index is -0.613. The zero-order valence-electron chi connectivity index (χ0n) is 10.0. The third-order valence-corrected chi connectivity index (χ3v) is 3.59. The average Bonchev–Trinajstić information content (AvgIpc) is 2.26. The molecular formula is C13H11BrFNO3. The molecule has 1 amide bonds. The third kappa shape index (κ3) is 2.68. The van der Waals surface area contributed by atoms with Gasteiger partial charge in [-0.25, -0.2) is 4.39 Å². The van der Waals surface area contributed by atoms with Crippen LogP contribution in [0.25, 0.3) is 0 Å². The molecule has 4 nitrogen and oxygen atoms in total. The summed E-state index contributed by atoms with van der Waals surface area (Å²) < 4.78 is 13.5. The SMILES string of the molecule is CC(O)=C1C(=O)CC(c2ccc(F)cc2Br)NC1=O. The highest BCUT2D eigenvalue weighted by Crippen LogP contribution is 2.30. The van der Waals surface area contributed by atoms with Crippen LogP contribution < -0.4 is 5.32 Å². The Kier molecular flexibility index (Phi) is 3.71. The minimum absolute atomic E-state index is 0.0310. The Hall–Kier alpha value is -1.69. The standard InChI is InChI=1S/C13H11BrFNO3/c1-6(17)12-11(18)5-10(16-13(12)19)8-3-2-7(15)4-9(8)14/h2-4,10,17H,5H2,1H3,(H,16,19). The van der Waals surface area contributed by atoms with Gasteiger partial charge in [-0.3, -0.25) is 9.59 Å². The third-order valence-electron chi connectivity index (χ3n) is 2.90. The van der Waals surface area contributed by atoms with Crippen molar-refractivity contribution in [3.05, 3.63) is 45.4 Å². The lowest BCUT2D eigenvalue weighted by atomic mass is 9.92. The van der Waals surface area contributed by atoms with E-state index in [1.807, 2.05) is 0 Å². The number of Topliss-reactive ketones (excluding diaryl/α,β-unsaturated/α-hetero) is 1. The Balaban J connectivity index is 2.33. The van der Waals surface area contributed by atoms with E-state index in [2.05, 4.69) is 21.2 Å². The van der Waals surface area contributed by atoms with Crippen LogP contribution >= 0.6 is 15.9 Å². The smallest absolute Gasteiger partial charge is 0.258 e. The first kappa shape index (κ1) is 13.7. The molecule has 1 aliphatic heterocycles. The lowest BCUT2D eigenvalue weighted by molar-refractivity contribution is -0.126. The van der Waals surface area contributed by atoms with Crippen LogP contribution in [-0.4, -0.2) is 16.8 Å². The van der Waals surface area contributed by atoms with E-state index in [0.29, 0.717) is 10.0 Å². The number of hydrogen-bond acceptors (Lipinski definition) is 3. The second-order valence-electron chi connectivity index (χ2n) is 4.28. The molecule has 0 radical (unpaired) electrons. The molecule has 0 spiro atoms. The molecule has 1 aromatic carbocycles. The van der Waals surface area contributed by atoms with Crippen LogP contribution in [0, 0.1) is 5.82 Å². The Labute approximate surface area is 117 Å². The minimum Gasteiger partial charge on any atom is -0.512 e. The molecule has 1 unspecified atom stereocenters. The fourth-order valence-electron chi connectivity index (χ4n) is 2.03. The van der Waals surface area contributed by atoms with Crippen molar-refractivity contribution in [1.29, 1.82) is 0 Å². The van der Waals surface area contributed by atoms with Crippen LogP contribution in [0.1, 0.15) is 24.9 Å². The van der Waals surface area contributed by atoms with Gasteiger partial charge in [0.2, 0.25) is 0 Å². The summed E-state index contributed by atoms with van der Waals surface area (Å²) in [6.45, 7) is 1.29. The van der Waals surface area contributed by atoms with Gasteiger partial charge in [-0.1, -0.05) is 22.0 Å². The van der Waals surface area contributed by atoms with Gasteiger partial charge >= 0.3 is 0 Å². The maximum Gasteiger partial charge on any atom is 0.258 e. The van der Waals surface area contributed by atoms with Gasteiger partial charge in [0.25, 0.3) is 5.91 Å². The van der Waals surface area contributed by atoms with Crippen molar-refractivity contribution < 1.29 is 19.1 Å². The number of halogens is 2. The van der Waals surface area contributed by atoms with Crippen LogP contribution in [0.2, 0.25) is 0 Å². The fourth-order valence-corrected chi connectivity index (χ4v) is 2.66. The largest absolute Gasteiger partial charge is 0.512 e. The van der Waals surface area contributed by atoms with Gasteiger partial charge in [-0.2, -0.15) is 0 Å². The number of nitrogens with one attached hydrogen (secondary N) is 1. The molecule has 100 valence electrons. The second-order valence-corrected chi connectivity index (χ2v) is 5.13. The summed E-state index contributed by atoms with van der Waals surface area (Å²) in [6, 6.07) is 3.52. The molecule has 1 aliphatic rings. The van der Waals surface area contributed by atoms with E-state index in [1.165, 1.54) is 25.1 Å². The van der Waals surface area contributed by atoms with Gasteiger partial charge in [0, 0.05) is 10.9 Å². The molecule has 0 aliphatic carbocycles. The Morgan fingerprint density at radius 1 is 1.47 bits per heavy atom. The van der Waals surface area contributed by atoms with E-state index in [-0.39, 0.29) is 17.8 Å². The van der Waals surface area contributed by atoms with Gasteiger partial charge in [-0.05, 0) is 24.6 Å². The molecule has 2 rings (SSSR count). The number of carbonyl (C=O) groups excluding carboxylic acids is 2. The Morgan fingerprint density at radius 2 is 2.16 bits per heavy atom. The maximum atomic E-state index is 13.0.